The van der Waals surface area contributed by atoms with Crippen molar-refractivity contribution in [2.75, 3.05) is 12.4 Å². The zero-order valence-electron chi connectivity index (χ0n) is 13.7. The molecule has 1 atom stereocenters. The highest BCUT2D eigenvalue weighted by Gasteiger charge is 2.15. The average Bonchev–Trinajstić information content (AvgIpc) is 3.01. The van der Waals surface area contributed by atoms with Gasteiger partial charge in [0.15, 0.2) is 0 Å². The summed E-state index contributed by atoms with van der Waals surface area (Å²) in [4.78, 5) is 12.3. The first-order chi connectivity index (χ1) is 11.7. The number of methoxy groups -OCH3 is 1. The van der Waals surface area contributed by atoms with Crippen LogP contribution in [-0.2, 0) is 11.3 Å². The van der Waals surface area contributed by atoms with Crippen LogP contribution in [0.3, 0.4) is 0 Å². The van der Waals surface area contributed by atoms with Crippen molar-refractivity contribution < 1.29 is 13.9 Å². The lowest BCUT2D eigenvalue weighted by molar-refractivity contribution is 0.185. The van der Waals surface area contributed by atoms with Crippen molar-refractivity contribution in [3.8, 4) is 0 Å². The summed E-state index contributed by atoms with van der Waals surface area (Å²) in [6, 6.07) is 16.7. The topological polar surface area (TPSA) is 63.5 Å². The SMILES string of the molecule is COCc1ccccc1NC(=O)N[C@H](C)c1cc2ccccc2o1. The highest BCUT2D eigenvalue weighted by Crippen LogP contribution is 2.23. The van der Waals surface area contributed by atoms with Gasteiger partial charge in [-0.15, -0.1) is 0 Å². The van der Waals surface area contributed by atoms with Crippen molar-refractivity contribution in [1.82, 2.24) is 5.32 Å². The van der Waals surface area contributed by atoms with Crippen molar-refractivity contribution in [3.05, 3.63) is 65.9 Å². The van der Waals surface area contributed by atoms with Gasteiger partial charge in [0.1, 0.15) is 11.3 Å². The largest absolute Gasteiger partial charge is 0.459 e. The van der Waals surface area contributed by atoms with Gasteiger partial charge in [-0.2, -0.15) is 0 Å². The third kappa shape index (κ3) is 3.58. The Morgan fingerprint density at radius 1 is 1.17 bits per heavy atom. The maximum Gasteiger partial charge on any atom is 0.319 e. The van der Waals surface area contributed by atoms with Crippen molar-refractivity contribution in [2.45, 2.75) is 19.6 Å². The molecule has 24 heavy (non-hydrogen) atoms. The Morgan fingerprint density at radius 3 is 2.71 bits per heavy atom. The summed E-state index contributed by atoms with van der Waals surface area (Å²) in [5, 5.41) is 6.77. The molecule has 0 bridgehead atoms. The molecule has 0 unspecified atom stereocenters. The number of hydrogen-bond donors (Lipinski definition) is 2. The maximum atomic E-state index is 12.3. The number of carbonyl (C=O) groups excluding carboxylic acids is 1. The molecule has 0 aliphatic heterocycles. The van der Waals surface area contributed by atoms with Gasteiger partial charge >= 0.3 is 6.03 Å². The van der Waals surface area contributed by atoms with Crippen LogP contribution in [-0.4, -0.2) is 13.1 Å². The summed E-state index contributed by atoms with van der Waals surface area (Å²) in [6.07, 6.45) is 0. The van der Waals surface area contributed by atoms with Gasteiger partial charge in [-0.05, 0) is 25.1 Å². The summed E-state index contributed by atoms with van der Waals surface area (Å²) in [5.74, 6) is 0.719. The second-order valence-corrected chi connectivity index (χ2v) is 5.60. The van der Waals surface area contributed by atoms with Gasteiger partial charge in [0, 0.05) is 23.7 Å². The van der Waals surface area contributed by atoms with Crippen LogP contribution in [0.5, 0.6) is 0 Å². The molecule has 1 heterocycles. The fourth-order valence-corrected chi connectivity index (χ4v) is 2.57. The molecule has 0 aliphatic rings. The predicted octanol–water partition coefficient (Wildman–Crippen LogP) is 4.46. The highest BCUT2D eigenvalue weighted by atomic mass is 16.5. The number of hydrogen-bond acceptors (Lipinski definition) is 3. The smallest absolute Gasteiger partial charge is 0.319 e. The number of fused-ring (bicyclic) bond motifs is 1. The third-order valence-corrected chi connectivity index (χ3v) is 3.78. The first-order valence-corrected chi connectivity index (χ1v) is 7.80. The fourth-order valence-electron chi connectivity index (χ4n) is 2.57. The van der Waals surface area contributed by atoms with Crippen LogP contribution in [0, 0.1) is 0 Å². The molecule has 0 aliphatic carbocycles. The average molecular weight is 324 g/mol. The Kier molecular flexibility index (Phi) is 4.82. The molecule has 2 aromatic carbocycles. The van der Waals surface area contributed by atoms with E-state index in [1.807, 2.05) is 61.5 Å². The van der Waals surface area contributed by atoms with E-state index >= 15 is 0 Å². The van der Waals surface area contributed by atoms with Crippen LogP contribution in [0.25, 0.3) is 11.0 Å². The van der Waals surface area contributed by atoms with E-state index in [-0.39, 0.29) is 12.1 Å². The molecule has 3 rings (SSSR count). The molecular formula is C19H20N2O3. The first-order valence-electron chi connectivity index (χ1n) is 7.80. The van der Waals surface area contributed by atoms with Crippen molar-refractivity contribution in [3.63, 3.8) is 0 Å². The molecule has 5 heteroatoms. The molecule has 2 N–H and O–H groups in total. The third-order valence-electron chi connectivity index (χ3n) is 3.78. The normalized spacial score (nSPS) is 12.1. The molecule has 3 aromatic rings. The van der Waals surface area contributed by atoms with Crippen molar-refractivity contribution in [2.24, 2.45) is 0 Å². The number of amides is 2. The molecule has 0 spiro atoms. The van der Waals surface area contributed by atoms with E-state index < -0.39 is 0 Å². The molecule has 124 valence electrons. The Balaban J connectivity index is 1.68. The van der Waals surface area contributed by atoms with Gasteiger partial charge in [0.25, 0.3) is 0 Å². The number of anilines is 1. The number of furan rings is 1. The van der Waals surface area contributed by atoms with Gasteiger partial charge in [0.2, 0.25) is 0 Å². The number of benzene rings is 2. The first kappa shape index (κ1) is 16.1. The summed E-state index contributed by atoms with van der Waals surface area (Å²) < 4.78 is 10.9. The monoisotopic (exact) mass is 324 g/mol. The summed E-state index contributed by atoms with van der Waals surface area (Å²) in [7, 11) is 1.63. The van der Waals surface area contributed by atoms with Crippen LogP contribution >= 0.6 is 0 Å². The molecule has 2 amide bonds. The second kappa shape index (κ2) is 7.19. The van der Waals surface area contributed by atoms with E-state index in [1.54, 1.807) is 7.11 Å². The van der Waals surface area contributed by atoms with Gasteiger partial charge in [-0.1, -0.05) is 36.4 Å². The van der Waals surface area contributed by atoms with Crippen LogP contribution in [0.1, 0.15) is 24.3 Å². The van der Waals surface area contributed by atoms with E-state index in [4.69, 9.17) is 9.15 Å². The number of para-hydroxylation sites is 2. The second-order valence-electron chi connectivity index (χ2n) is 5.60. The number of ether oxygens (including phenoxy) is 1. The van der Waals surface area contributed by atoms with E-state index in [9.17, 15) is 4.79 Å². The Hall–Kier alpha value is -2.79. The zero-order valence-corrected chi connectivity index (χ0v) is 13.7. The van der Waals surface area contributed by atoms with E-state index in [0.717, 1.165) is 28.0 Å². The minimum absolute atomic E-state index is 0.244. The van der Waals surface area contributed by atoms with Gasteiger partial charge < -0.3 is 19.8 Å². The lowest BCUT2D eigenvalue weighted by Crippen LogP contribution is -2.31. The molecule has 5 nitrogen and oxygen atoms in total. The molecule has 0 radical (unpaired) electrons. The molecule has 1 aromatic heterocycles. The van der Waals surface area contributed by atoms with Gasteiger partial charge in [-0.25, -0.2) is 4.79 Å². The van der Waals surface area contributed by atoms with Crippen molar-refractivity contribution in [1.29, 1.82) is 0 Å². The standard InChI is InChI=1S/C19H20N2O3/c1-13(18-11-14-7-4-6-10-17(14)24-18)20-19(22)21-16-9-5-3-8-15(16)12-23-2/h3-11,13H,12H2,1-2H3,(H2,20,21,22)/t13-/m1/s1. The van der Waals surface area contributed by atoms with E-state index in [1.165, 1.54) is 0 Å². The minimum atomic E-state index is -0.286. The lowest BCUT2D eigenvalue weighted by atomic mass is 10.2. The Labute approximate surface area is 140 Å². The zero-order chi connectivity index (χ0) is 16.9. The number of rotatable bonds is 5. The maximum absolute atomic E-state index is 12.3. The lowest BCUT2D eigenvalue weighted by Gasteiger charge is -2.14. The number of carbonyl (C=O) groups is 1. The fraction of sp³-hybridized carbons (Fsp3) is 0.211. The van der Waals surface area contributed by atoms with E-state index in [2.05, 4.69) is 10.6 Å². The van der Waals surface area contributed by atoms with Crippen molar-refractivity contribution >= 4 is 22.7 Å². The van der Waals surface area contributed by atoms with Crippen LogP contribution in [0.2, 0.25) is 0 Å². The summed E-state index contributed by atoms with van der Waals surface area (Å²) in [5.41, 5.74) is 2.46. The molecule has 0 fully saturated rings. The van der Waals surface area contributed by atoms with Gasteiger partial charge in [0.05, 0.1) is 12.6 Å². The molecule has 0 saturated carbocycles. The predicted molar refractivity (Wildman–Crippen MR) is 93.9 cm³/mol. The van der Waals surface area contributed by atoms with Gasteiger partial charge in [-0.3, -0.25) is 0 Å². The summed E-state index contributed by atoms with van der Waals surface area (Å²) >= 11 is 0. The quantitative estimate of drug-likeness (QED) is 0.728. The highest BCUT2D eigenvalue weighted by molar-refractivity contribution is 5.90. The Bertz CT molecular complexity index is 808. The van der Waals surface area contributed by atoms with Crippen LogP contribution < -0.4 is 10.6 Å². The Morgan fingerprint density at radius 2 is 1.92 bits per heavy atom. The van der Waals surface area contributed by atoms with E-state index in [0.29, 0.717) is 6.61 Å². The minimum Gasteiger partial charge on any atom is -0.459 e. The number of nitrogens with one attached hydrogen (secondary N) is 2. The van der Waals surface area contributed by atoms with Crippen LogP contribution in [0.15, 0.2) is 59.0 Å². The molecular weight excluding hydrogens is 304 g/mol. The molecule has 0 saturated heterocycles. The summed E-state index contributed by atoms with van der Waals surface area (Å²) in [6.45, 7) is 2.33. The van der Waals surface area contributed by atoms with Crippen LogP contribution in [0.4, 0.5) is 10.5 Å². The number of urea groups is 1.